The quantitative estimate of drug-likeness (QED) is 0.792. The lowest BCUT2D eigenvalue weighted by Gasteiger charge is -2.20. The number of carboxylic acid groups (broad SMARTS) is 1. The molecule has 0 saturated heterocycles. The van der Waals surface area contributed by atoms with Crippen molar-refractivity contribution < 1.29 is 28.6 Å². The van der Waals surface area contributed by atoms with Crippen molar-refractivity contribution in [1.82, 2.24) is 5.32 Å². The molecule has 6 nitrogen and oxygen atoms in total. The van der Waals surface area contributed by atoms with Crippen LogP contribution in [0.5, 0.6) is 11.5 Å². The van der Waals surface area contributed by atoms with Gasteiger partial charge in [0.25, 0.3) is 5.91 Å². The summed E-state index contributed by atoms with van der Waals surface area (Å²) in [6.07, 6.45) is -0.328. The van der Waals surface area contributed by atoms with Gasteiger partial charge in [-0.3, -0.25) is 9.59 Å². The molecule has 0 aliphatic heterocycles. The van der Waals surface area contributed by atoms with Gasteiger partial charge in [0.05, 0.1) is 32.2 Å². The molecule has 0 aliphatic carbocycles. The van der Waals surface area contributed by atoms with Crippen LogP contribution in [0.2, 0.25) is 0 Å². The number of aryl methyl sites for hydroxylation is 1. The van der Waals surface area contributed by atoms with Gasteiger partial charge in [-0.15, -0.1) is 0 Å². The van der Waals surface area contributed by atoms with Crippen molar-refractivity contribution in [2.24, 2.45) is 0 Å². The summed E-state index contributed by atoms with van der Waals surface area (Å²) >= 11 is 0. The van der Waals surface area contributed by atoms with Crippen LogP contribution in [0.25, 0.3) is 0 Å². The first-order valence-corrected chi connectivity index (χ1v) is 7.87. The Morgan fingerprint density at radius 1 is 1.15 bits per heavy atom. The van der Waals surface area contributed by atoms with Crippen LogP contribution in [0.3, 0.4) is 0 Å². The molecule has 0 spiro atoms. The highest BCUT2D eigenvalue weighted by Gasteiger charge is 2.23. The summed E-state index contributed by atoms with van der Waals surface area (Å²) in [6.45, 7) is 1.81. The fraction of sp³-hybridized carbons (Fsp3) is 0.263. The first kappa shape index (κ1) is 19.2. The van der Waals surface area contributed by atoms with Crippen LogP contribution < -0.4 is 14.8 Å². The summed E-state index contributed by atoms with van der Waals surface area (Å²) in [6, 6.07) is 8.58. The van der Waals surface area contributed by atoms with Gasteiger partial charge < -0.3 is 19.9 Å². The molecule has 0 bridgehead atoms. The van der Waals surface area contributed by atoms with Crippen molar-refractivity contribution in [1.29, 1.82) is 0 Å². The zero-order valence-corrected chi connectivity index (χ0v) is 14.7. The van der Waals surface area contributed by atoms with Gasteiger partial charge in [-0.05, 0) is 24.1 Å². The van der Waals surface area contributed by atoms with Crippen LogP contribution in [0.1, 0.15) is 33.9 Å². The Balaban J connectivity index is 2.36. The lowest BCUT2D eigenvalue weighted by molar-refractivity contribution is -0.137. The zero-order valence-electron chi connectivity index (χ0n) is 14.7. The largest absolute Gasteiger partial charge is 0.493 e. The van der Waals surface area contributed by atoms with Gasteiger partial charge in [-0.25, -0.2) is 4.39 Å². The highest BCUT2D eigenvalue weighted by Crippen LogP contribution is 2.30. The van der Waals surface area contributed by atoms with E-state index in [9.17, 15) is 14.0 Å². The number of halogens is 1. The van der Waals surface area contributed by atoms with Gasteiger partial charge in [0.2, 0.25) is 0 Å². The van der Waals surface area contributed by atoms with Gasteiger partial charge in [0.1, 0.15) is 5.82 Å². The van der Waals surface area contributed by atoms with Crippen LogP contribution in [0.4, 0.5) is 4.39 Å². The number of aliphatic carboxylic acids is 1. The van der Waals surface area contributed by atoms with E-state index in [0.717, 1.165) is 11.6 Å². The van der Waals surface area contributed by atoms with Gasteiger partial charge >= 0.3 is 5.97 Å². The Bertz CT molecular complexity index is 822. The first-order chi connectivity index (χ1) is 12.4. The van der Waals surface area contributed by atoms with Crippen molar-refractivity contribution in [3.05, 3.63) is 58.9 Å². The van der Waals surface area contributed by atoms with E-state index in [-0.39, 0.29) is 23.5 Å². The standard InChI is InChI=1S/C19H20FNO5/c1-11-6-4-5-7-12(11)15(10-18(22)23)21-19(24)13-8-16(25-2)17(26-3)9-14(13)20/h4-9,15H,10H2,1-3H3,(H,21,24)(H,22,23). The Labute approximate surface area is 150 Å². The van der Waals surface area contributed by atoms with Crippen molar-refractivity contribution in [2.45, 2.75) is 19.4 Å². The maximum Gasteiger partial charge on any atom is 0.305 e. The topological polar surface area (TPSA) is 84.9 Å². The molecule has 0 fully saturated rings. The molecule has 1 amide bonds. The second kappa shape index (κ2) is 8.33. The van der Waals surface area contributed by atoms with E-state index in [1.165, 1.54) is 20.3 Å². The number of hydrogen-bond acceptors (Lipinski definition) is 4. The van der Waals surface area contributed by atoms with Gasteiger partial charge in [0.15, 0.2) is 11.5 Å². The van der Waals surface area contributed by atoms with E-state index < -0.39 is 23.7 Å². The molecule has 7 heteroatoms. The number of carboxylic acids is 1. The molecule has 2 aromatic rings. The molecule has 0 saturated carbocycles. The number of nitrogens with one attached hydrogen (secondary N) is 1. The average molecular weight is 361 g/mol. The fourth-order valence-electron chi connectivity index (χ4n) is 2.66. The van der Waals surface area contributed by atoms with Crippen molar-refractivity contribution in [3.63, 3.8) is 0 Å². The Morgan fingerprint density at radius 3 is 2.35 bits per heavy atom. The maximum atomic E-state index is 14.3. The summed E-state index contributed by atoms with van der Waals surface area (Å²) < 4.78 is 24.4. The SMILES string of the molecule is COc1cc(F)c(C(=O)NC(CC(=O)O)c2ccccc2C)cc1OC. The number of ether oxygens (including phenoxy) is 2. The number of methoxy groups -OCH3 is 2. The normalized spacial score (nSPS) is 11.5. The summed E-state index contributed by atoms with van der Waals surface area (Å²) in [5, 5.41) is 11.8. The molecule has 0 aliphatic rings. The smallest absolute Gasteiger partial charge is 0.305 e. The number of carbonyl (C=O) groups excluding carboxylic acids is 1. The van der Waals surface area contributed by atoms with E-state index in [1.807, 2.05) is 19.1 Å². The predicted molar refractivity (Wildman–Crippen MR) is 93.1 cm³/mol. The molecule has 1 atom stereocenters. The zero-order chi connectivity index (χ0) is 19.3. The molecule has 2 N–H and O–H groups in total. The number of rotatable bonds is 7. The van der Waals surface area contributed by atoms with Crippen molar-refractivity contribution >= 4 is 11.9 Å². The lowest BCUT2D eigenvalue weighted by atomic mass is 9.98. The summed E-state index contributed by atoms with van der Waals surface area (Å²) in [7, 11) is 2.73. The van der Waals surface area contributed by atoms with E-state index in [2.05, 4.69) is 5.32 Å². The predicted octanol–water partition coefficient (Wildman–Crippen LogP) is 3.10. The third-order valence-corrected chi connectivity index (χ3v) is 3.97. The van der Waals surface area contributed by atoms with Crippen LogP contribution in [-0.4, -0.2) is 31.2 Å². The molecule has 26 heavy (non-hydrogen) atoms. The number of amides is 1. The van der Waals surface area contributed by atoms with Gasteiger partial charge in [0, 0.05) is 6.07 Å². The minimum atomic E-state index is -1.08. The van der Waals surface area contributed by atoms with Gasteiger partial charge in [-0.2, -0.15) is 0 Å². The third kappa shape index (κ3) is 4.30. The monoisotopic (exact) mass is 361 g/mol. The summed E-state index contributed by atoms with van der Waals surface area (Å²) in [4.78, 5) is 23.8. The highest BCUT2D eigenvalue weighted by molar-refractivity contribution is 5.95. The minimum Gasteiger partial charge on any atom is -0.493 e. The van der Waals surface area contributed by atoms with Crippen LogP contribution >= 0.6 is 0 Å². The average Bonchev–Trinajstić information content (AvgIpc) is 2.60. The summed E-state index contributed by atoms with van der Waals surface area (Å²) in [5.41, 5.74) is 1.22. The lowest BCUT2D eigenvalue weighted by Crippen LogP contribution is -2.31. The number of benzene rings is 2. The van der Waals surface area contributed by atoms with E-state index in [4.69, 9.17) is 14.6 Å². The molecule has 0 radical (unpaired) electrons. The molecule has 0 aromatic heterocycles. The van der Waals surface area contributed by atoms with Crippen LogP contribution in [0.15, 0.2) is 36.4 Å². The van der Waals surface area contributed by atoms with E-state index >= 15 is 0 Å². The highest BCUT2D eigenvalue weighted by atomic mass is 19.1. The fourth-order valence-corrected chi connectivity index (χ4v) is 2.66. The van der Waals surface area contributed by atoms with Crippen molar-refractivity contribution in [3.8, 4) is 11.5 Å². The molecule has 2 aromatic carbocycles. The molecular weight excluding hydrogens is 341 g/mol. The van der Waals surface area contributed by atoms with Crippen LogP contribution in [-0.2, 0) is 4.79 Å². The van der Waals surface area contributed by atoms with Crippen LogP contribution in [0, 0.1) is 12.7 Å². The third-order valence-electron chi connectivity index (χ3n) is 3.97. The molecular formula is C19H20FNO5. The Morgan fingerprint density at radius 2 is 1.77 bits per heavy atom. The van der Waals surface area contributed by atoms with E-state index in [1.54, 1.807) is 12.1 Å². The second-order valence-corrected chi connectivity index (χ2v) is 5.67. The molecule has 1 unspecified atom stereocenters. The van der Waals surface area contributed by atoms with Gasteiger partial charge in [-0.1, -0.05) is 24.3 Å². The minimum absolute atomic E-state index is 0.155. The maximum absolute atomic E-state index is 14.3. The molecule has 2 rings (SSSR count). The summed E-state index contributed by atoms with van der Waals surface area (Å²) in [5.74, 6) is -2.25. The van der Waals surface area contributed by atoms with E-state index in [0.29, 0.717) is 5.56 Å². The first-order valence-electron chi connectivity index (χ1n) is 7.87. The number of carbonyl (C=O) groups is 2. The number of hydrogen-bond donors (Lipinski definition) is 2. The Kier molecular flexibility index (Phi) is 6.16. The van der Waals surface area contributed by atoms with Crippen molar-refractivity contribution in [2.75, 3.05) is 14.2 Å². The Hall–Kier alpha value is -3.09. The molecule has 138 valence electrons. The molecule has 0 heterocycles. The second-order valence-electron chi connectivity index (χ2n) is 5.67.